The van der Waals surface area contributed by atoms with E-state index in [1.165, 1.54) is 12.1 Å². The van der Waals surface area contributed by atoms with Crippen LogP contribution in [0, 0.1) is 16.0 Å². The van der Waals surface area contributed by atoms with E-state index >= 15 is 0 Å². The van der Waals surface area contributed by atoms with Crippen LogP contribution in [0.1, 0.15) is 16.7 Å². The molecule has 0 fully saturated rings. The number of carbonyl (C=O) groups excluding carboxylic acids is 1. The number of para-hydroxylation sites is 1. The molecule has 0 radical (unpaired) electrons. The number of nitro benzene ring substituents is 1. The van der Waals surface area contributed by atoms with Gasteiger partial charge in [0, 0.05) is 35.2 Å². The summed E-state index contributed by atoms with van der Waals surface area (Å²) in [7, 11) is 0. The lowest BCUT2D eigenvalue weighted by atomic mass is 9.91. The molecular formula is C27H27N3O4. The number of nitro groups is 1. The maximum absolute atomic E-state index is 13.4. The van der Waals surface area contributed by atoms with Crippen LogP contribution in [0.5, 0.6) is 0 Å². The van der Waals surface area contributed by atoms with Crippen LogP contribution >= 0.6 is 0 Å². The first-order valence-electron chi connectivity index (χ1n) is 11.3. The number of H-pyrrole nitrogens is 1. The van der Waals surface area contributed by atoms with Crippen LogP contribution in [0.3, 0.4) is 0 Å². The number of fused-ring (bicyclic) bond motifs is 1. The number of benzene rings is 3. The zero-order valence-electron chi connectivity index (χ0n) is 18.7. The number of nitrogens with one attached hydrogen (secondary N) is 2. The Morgan fingerprint density at radius 3 is 2.24 bits per heavy atom. The normalized spacial score (nSPS) is 12.9. The second kappa shape index (κ2) is 10.8. The molecule has 174 valence electrons. The number of amides is 1. The minimum atomic E-state index is -0.436. The molecule has 0 aliphatic heterocycles. The van der Waals surface area contributed by atoms with Crippen molar-refractivity contribution in [3.63, 3.8) is 0 Å². The molecule has 0 bridgehead atoms. The van der Waals surface area contributed by atoms with Gasteiger partial charge in [0.25, 0.3) is 5.69 Å². The minimum Gasteiger partial charge on any atom is -0.394 e. The quantitative estimate of drug-likeness (QED) is 0.245. The van der Waals surface area contributed by atoms with Crippen LogP contribution < -0.4 is 5.32 Å². The van der Waals surface area contributed by atoms with Crippen molar-refractivity contribution >= 4 is 22.5 Å². The number of hydrogen-bond acceptors (Lipinski definition) is 4. The molecule has 4 rings (SSSR count). The Balaban J connectivity index is 1.50. The van der Waals surface area contributed by atoms with Gasteiger partial charge >= 0.3 is 0 Å². The molecule has 1 heterocycles. The summed E-state index contributed by atoms with van der Waals surface area (Å²) in [6, 6.07) is 23.6. The van der Waals surface area contributed by atoms with Gasteiger partial charge in [-0.05, 0) is 42.0 Å². The highest BCUT2D eigenvalue weighted by atomic mass is 16.6. The van der Waals surface area contributed by atoms with Gasteiger partial charge in [-0.2, -0.15) is 0 Å². The molecule has 0 spiro atoms. The summed E-state index contributed by atoms with van der Waals surface area (Å²) in [5.41, 5.74) is 3.94. The Labute approximate surface area is 197 Å². The Kier molecular flexibility index (Phi) is 7.34. The molecule has 34 heavy (non-hydrogen) atoms. The molecule has 0 aliphatic carbocycles. The van der Waals surface area contributed by atoms with Crippen LogP contribution in [0.15, 0.2) is 85.1 Å². The van der Waals surface area contributed by atoms with Crippen molar-refractivity contribution in [2.75, 3.05) is 6.61 Å². The van der Waals surface area contributed by atoms with E-state index in [4.69, 9.17) is 0 Å². The zero-order chi connectivity index (χ0) is 23.9. The molecule has 1 unspecified atom stereocenters. The first-order chi connectivity index (χ1) is 16.5. The SMILES string of the molecule is O=C(N[C@H](CO)Cc1c[nH]c2ccccc12)C(Cc1ccccc1)Cc1ccc([N+](=O)[O-])cc1. The summed E-state index contributed by atoms with van der Waals surface area (Å²) in [4.78, 5) is 27.1. The monoisotopic (exact) mass is 457 g/mol. The molecule has 7 heteroatoms. The third-order valence-electron chi connectivity index (χ3n) is 6.03. The van der Waals surface area contributed by atoms with Crippen molar-refractivity contribution in [3.05, 3.63) is 112 Å². The number of rotatable bonds is 10. The lowest BCUT2D eigenvalue weighted by Crippen LogP contribution is -2.43. The number of non-ortho nitro benzene ring substituents is 1. The second-order valence-corrected chi connectivity index (χ2v) is 8.47. The molecule has 4 aromatic rings. The van der Waals surface area contributed by atoms with Gasteiger partial charge in [-0.1, -0.05) is 60.7 Å². The minimum absolute atomic E-state index is 0.0203. The maximum Gasteiger partial charge on any atom is 0.269 e. The molecule has 1 amide bonds. The smallest absolute Gasteiger partial charge is 0.269 e. The Bertz CT molecular complexity index is 1250. The van der Waals surface area contributed by atoms with E-state index < -0.39 is 11.0 Å². The molecule has 1 aromatic heterocycles. The molecule has 0 saturated heterocycles. The van der Waals surface area contributed by atoms with Crippen molar-refractivity contribution in [3.8, 4) is 0 Å². The summed E-state index contributed by atoms with van der Waals surface area (Å²) in [5.74, 6) is -0.540. The molecular weight excluding hydrogens is 430 g/mol. The predicted octanol–water partition coefficient (Wildman–Crippen LogP) is 4.20. The fourth-order valence-electron chi connectivity index (χ4n) is 4.24. The topological polar surface area (TPSA) is 108 Å². The van der Waals surface area contributed by atoms with Gasteiger partial charge in [0.1, 0.15) is 0 Å². The number of aromatic amines is 1. The number of nitrogens with zero attached hydrogens (tertiary/aromatic N) is 1. The second-order valence-electron chi connectivity index (χ2n) is 8.47. The van der Waals surface area contributed by atoms with E-state index in [9.17, 15) is 20.0 Å². The lowest BCUT2D eigenvalue weighted by Gasteiger charge is -2.22. The van der Waals surface area contributed by atoms with E-state index in [0.29, 0.717) is 19.3 Å². The zero-order valence-corrected chi connectivity index (χ0v) is 18.7. The summed E-state index contributed by atoms with van der Waals surface area (Å²) < 4.78 is 0. The number of carbonyl (C=O) groups is 1. The Hall–Kier alpha value is -3.97. The van der Waals surface area contributed by atoms with Crippen molar-refractivity contribution in [2.24, 2.45) is 5.92 Å². The summed E-state index contributed by atoms with van der Waals surface area (Å²) in [6.07, 6.45) is 3.37. The van der Waals surface area contributed by atoms with Crippen LogP contribution in [-0.2, 0) is 24.1 Å². The van der Waals surface area contributed by atoms with Gasteiger partial charge in [-0.15, -0.1) is 0 Å². The van der Waals surface area contributed by atoms with Gasteiger partial charge in [-0.3, -0.25) is 14.9 Å². The fraction of sp³-hybridized carbons (Fsp3) is 0.222. The van der Waals surface area contributed by atoms with E-state index in [-0.39, 0.29) is 24.1 Å². The van der Waals surface area contributed by atoms with E-state index in [0.717, 1.165) is 27.6 Å². The Morgan fingerprint density at radius 2 is 1.56 bits per heavy atom. The highest BCUT2D eigenvalue weighted by molar-refractivity contribution is 5.83. The van der Waals surface area contributed by atoms with Crippen molar-refractivity contribution in [1.29, 1.82) is 0 Å². The maximum atomic E-state index is 13.4. The van der Waals surface area contributed by atoms with E-state index in [1.54, 1.807) is 12.1 Å². The third kappa shape index (κ3) is 5.68. The van der Waals surface area contributed by atoms with Gasteiger partial charge in [-0.25, -0.2) is 0 Å². The summed E-state index contributed by atoms with van der Waals surface area (Å²) >= 11 is 0. The Morgan fingerprint density at radius 1 is 0.912 bits per heavy atom. The van der Waals surface area contributed by atoms with Crippen molar-refractivity contribution in [2.45, 2.75) is 25.3 Å². The third-order valence-corrected chi connectivity index (χ3v) is 6.03. The van der Waals surface area contributed by atoms with Crippen molar-refractivity contribution < 1.29 is 14.8 Å². The van der Waals surface area contributed by atoms with E-state index in [1.807, 2.05) is 60.8 Å². The van der Waals surface area contributed by atoms with Gasteiger partial charge in [0.2, 0.25) is 5.91 Å². The summed E-state index contributed by atoms with van der Waals surface area (Å²) in [6.45, 7) is -0.180. The number of aromatic nitrogens is 1. The van der Waals surface area contributed by atoms with Crippen LogP contribution in [0.25, 0.3) is 10.9 Å². The fourth-order valence-corrected chi connectivity index (χ4v) is 4.24. The molecule has 7 nitrogen and oxygen atoms in total. The van der Waals surface area contributed by atoms with Crippen molar-refractivity contribution in [1.82, 2.24) is 10.3 Å². The summed E-state index contributed by atoms with van der Waals surface area (Å²) in [5, 5.41) is 25.1. The van der Waals surface area contributed by atoms with Crippen LogP contribution in [0.4, 0.5) is 5.69 Å². The lowest BCUT2D eigenvalue weighted by molar-refractivity contribution is -0.384. The standard InChI is InChI=1S/C27H27N3O4/c31-18-23(16-22-17-28-26-9-5-4-8-25(22)26)29-27(32)21(14-19-6-2-1-3-7-19)15-20-10-12-24(13-11-20)30(33)34/h1-13,17,21,23,28,31H,14-16,18H2,(H,29,32)/t21?,23-/m0/s1. The van der Waals surface area contributed by atoms with Gasteiger partial charge in [0.05, 0.1) is 17.6 Å². The molecule has 0 aliphatic rings. The molecule has 2 atom stereocenters. The molecule has 0 saturated carbocycles. The van der Waals surface area contributed by atoms with Gasteiger partial charge in [0.15, 0.2) is 0 Å². The molecule has 3 N–H and O–H groups in total. The average Bonchev–Trinajstić information content (AvgIpc) is 3.27. The number of hydrogen-bond donors (Lipinski definition) is 3. The van der Waals surface area contributed by atoms with Gasteiger partial charge < -0.3 is 15.4 Å². The highest BCUT2D eigenvalue weighted by Gasteiger charge is 2.23. The predicted molar refractivity (Wildman–Crippen MR) is 131 cm³/mol. The average molecular weight is 458 g/mol. The highest BCUT2D eigenvalue weighted by Crippen LogP contribution is 2.21. The van der Waals surface area contributed by atoms with Crippen LogP contribution in [-0.4, -0.2) is 33.6 Å². The first-order valence-corrected chi connectivity index (χ1v) is 11.3. The van der Waals surface area contributed by atoms with E-state index in [2.05, 4.69) is 10.3 Å². The first kappa shape index (κ1) is 23.2. The van der Waals surface area contributed by atoms with Crippen LogP contribution in [0.2, 0.25) is 0 Å². The molecule has 3 aromatic carbocycles. The number of aliphatic hydroxyl groups is 1. The number of aliphatic hydroxyl groups excluding tert-OH is 1. The largest absolute Gasteiger partial charge is 0.394 e.